The Bertz CT molecular complexity index is 196. The monoisotopic (exact) mass is 320 g/mol. The van der Waals surface area contributed by atoms with E-state index >= 15 is 0 Å². The smallest absolute Gasteiger partial charge is 0.790 e. The fourth-order valence-electron chi connectivity index (χ4n) is 0. The number of hydrogen-bond acceptors (Lipinski definition) is 7. The SMILES string of the molecule is O.O=P([O-])([O-])O.O=S(=O)([O-])[O-].[Mn+2].[Mn+2]. The van der Waals surface area contributed by atoms with Crippen LogP contribution in [0.2, 0.25) is 0 Å². The van der Waals surface area contributed by atoms with E-state index in [0.29, 0.717) is 0 Å². The van der Waals surface area contributed by atoms with E-state index in [-0.39, 0.29) is 39.6 Å². The molecule has 0 fully saturated rings. The molecule has 0 saturated carbocycles. The van der Waals surface area contributed by atoms with Gasteiger partial charge in [-0.1, -0.05) is 0 Å². The molecule has 0 aliphatic carbocycles. The molecular weight excluding hydrogens is 317 g/mol. The normalized spacial score (nSPS) is 9.00. The molecule has 0 bridgehead atoms. The van der Waals surface area contributed by atoms with E-state index in [1.54, 1.807) is 0 Å². The van der Waals surface area contributed by atoms with Gasteiger partial charge in [0.2, 0.25) is 0 Å². The van der Waals surface area contributed by atoms with Crippen LogP contribution in [0.5, 0.6) is 0 Å². The zero-order valence-corrected chi connectivity index (χ0v) is 9.49. The average molecular weight is 320 g/mol. The van der Waals surface area contributed by atoms with Crippen molar-refractivity contribution >= 4 is 18.2 Å². The third kappa shape index (κ3) is 1630. The van der Waals surface area contributed by atoms with Crippen LogP contribution < -0.4 is 9.79 Å². The van der Waals surface area contributed by atoms with E-state index in [0.717, 1.165) is 0 Å². The second kappa shape index (κ2) is 11.1. The van der Waals surface area contributed by atoms with E-state index in [4.69, 9.17) is 36.8 Å². The first-order valence-corrected chi connectivity index (χ1v) is 4.24. The van der Waals surface area contributed by atoms with Crippen LogP contribution in [-0.4, -0.2) is 27.9 Å². The van der Waals surface area contributed by atoms with Gasteiger partial charge in [0.1, 0.15) is 0 Å². The van der Waals surface area contributed by atoms with Gasteiger partial charge in [-0.05, 0) is 0 Å². The van der Waals surface area contributed by atoms with Crippen LogP contribution in [-0.2, 0) is 49.1 Å². The minimum Gasteiger partial charge on any atom is -0.790 e. The second-order valence-corrected chi connectivity index (χ2v) is 2.63. The van der Waals surface area contributed by atoms with Gasteiger partial charge in [0.25, 0.3) is 0 Å². The minimum absolute atomic E-state index is 0. The predicted octanol–water partition coefficient (Wildman–Crippen LogP) is -4.36. The fraction of sp³-hybridized carbons (Fsp3) is 0. The summed E-state index contributed by atoms with van der Waals surface area (Å²) in [5, 5.41) is 0. The summed E-state index contributed by atoms with van der Waals surface area (Å²) in [6.07, 6.45) is 0. The van der Waals surface area contributed by atoms with Gasteiger partial charge in [0, 0.05) is 10.4 Å². The first-order valence-electron chi connectivity index (χ1n) is 1.41. The van der Waals surface area contributed by atoms with Crippen molar-refractivity contribution in [2.75, 3.05) is 0 Å². The molecule has 0 atom stereocenters. The molecule has 0 aliphatic rings. The standard InChI is InChI=1S/2Mn.H3O4P.H2O4S.H2O/c;;2*1-5(2,3)4;/h;;(H3,1,2,3,4);(H2,1,2,3,4);1H2/q2*+2;;;/p-4. The number of hydrogen-bond donors (Lipinski definition) is 1. The van der Waals surface area contributed by atoms with E-state index in [9.17, 15) is 0 Å². The molecule has 3 N–H and O–H groups in total. The molecule has 0 saturated heterocycles. The summed E-state index contributed by atoms with van der Waals surface area (Å²) in [5.74, 6) is 0. The Hall–Kier alpha value is 0.979. The molecule has 0 heterocycles. The molecule has 0 aromatic carbocycles. The third-order valence-corrected chi connectivity index (χ3v) is 0. The Morgan fingerprint density at radius 3 is 1.08 bits per heavy atom. The maximum atomic E-state index is 8.66. The fourth-order valence-corrected chi connectivity index (χ4v) is 0. The second-order valence-electron chi connectivity index (χ2n) is 0.877. The summed E-state index contributed by atoms with van der Waals surface area (Å²) < 4.78 is 42.7. The first-order chi connectivity index (χ1) is 4.00. The minimum atomic E-state index is -5.17. The van der Waals surface area contributed by atoms with Crippen molar-refractivity contribution in [2.45, 2.75) is 0 Å². The van der Waals surface area contributed by atoms with Crippen molar-refractivity contribution < 1.29 is 76.4 Å². The van der Waals surface area contributed by atoms with Crippen LogP contribution in [0.25, 0.3) is 0 Å². The van der Waals surface area contributed by atoms with Gasteiger partial charge in [0.05, 0.1) is 7.82 Å². The largest absolute Gasteiger partial charge is 2.00 e. The van der Waals surface area contributed by atoms with Gasteiger partial charge in [0.15, 0.2) is 0 Å². The van der Waals surface area contributed by atoms with Crippen molar-refractivity contribution in [3.63, 3.8) is 0 Å². The molecule has 9 nitrogen and oxygen atoms in total. The van der Waals surface area contributed by atoms with E-state index in [1.807, 2.05) is 0 Å². The van der Waals surface area contributed by atoms with Crippen molar-refractivity contribution in [1.29, 1.82) is 0 Å². The van der Waals surface area contributed by atoms with Crippen LogP contribution in [0, 0.1) is 0 Å². The van der Waals surface area contributed by atoms with Crippen LogP contribution in [0.15, 0.2) is 0 Å². The zero-order chi connectivity index (χ0) is 9.00. The number of rotatable bonds is 0. The number of phosphoric acid groups is 1. The third-order valence-electron chi connectivity index (χ3n) is 0. The molecule has 0 aliphatic heterocycles. The van der Waals surface area contributed by atoms with E-state index in [1.165, 1.54) is 0 Å². The van der Waals surface area contributed by atoms with Crippen molar-refractivity contribution in [1.82, 2.24) is 0 Å². The Labute approximate surface area is 94.6 Å². The van der Waals surface area contributed by atoms with Crippen LogP contribution in [0.1, 0.15) is 0 Å². The Balaban J connectivity index is -0.0000000267. The van der Waals surface area contributed by atoms with E-state index < -0.39 is 18.2 Å². The molecule has 13 heteroatoms. The van der Waals surface area contributed by atoms with Crippen molar-refractivity contribution in [3.8, 4) is 0 Å². The maximum absolute atomic E-state index is 8.66. The van der Waals surface area contributed by atoms with E-state index in [2.05, 4.69) is 0 Å². The molecular formula is H3Mn2O9PS. The first kappa shape index (κ1) is 29.2. The molecule has 82 valence electrons. The zero-order valence-electron chi connectivity index (χ0n) is 5.42. The molecule has 0 rings (SSSR count). The predicted molar refractivity (Wildman–Crippen MR) is 23.9 cm³/mol. The Kier molecular flexibility index (Phi) is 24.8. The quantitative estimate of drug-likeness (QED) is 0.200. The summed E-state index contributed by atoms with van der Waals surface area (Å²) in [6, 6.07) is 0. The molecule has 0 unspecified atom stereocenters. The Morgan fingerprint density at radius 2 is 1.08 bits per heavy atom. The summed E-state index contributed by atoms with van der Waals surface area (Å²) in [6.45, 7) is 0. The summed E-state index contributed by atoms with van der Waals surface area (Å²) in [7, 11) is -10.3. The molecule has 0 amide bonds. The Morgan fingerprint density at radius 1 is 1.08 bits per heavy atom. The maximum Gasteiger partial charge on any atom is 2.00 e. The molecule has 13 heavy (non-hydrogen) atoms. The topological polar surface area (TPSA) is 195 Å². The van der Waals surface area contributed by atoms with Gasteiger partial charge >= 0.3 is 34.1 Å². The molecule has 2 radical (unpaired) electrons. The van der Waals surface area contributed by atoms with Crippen LogP contribution >= 0.6 is 7.82 Å². The molecule has 0 spiro atoms. The van der Waals surface area contributed by atoms with Crippen molar-refractivity contribution in [2.24, 2.45) is 0 Å². The summed E-state index contributed by atoms with van der Waals surface area (Å²) in [4.78, 5) is 24.3. The summed E-state index contributed by atoms with van der Waals surface area (Å²) >= 11 is 0. The molecule has 0 aromatic heterocycles. The van der Waals surface area contributed by atoms with Gasteiger partial charge in [-0.3, -0.25) is 8.42 Å². The average Bonchev–Trinajstić information content (AvgIpc) is 1.12. The van der Waals surface area contributed by atoms with Gasteiger partial charge in [-0.2, -0.15) is 0 Å². The summed E-state index contributed by atoms with van der Waals surface area (Å²) in [5.41, 5.74) is 0. The molecule has 0 aromatic rings. The van der Waals surface area contributed by atoms with Crippen LogP contribution in [0.4, 0.5) is 0 Å². The van der Waals surface area contributed by atoms with Crippen LogP contribution in [0.3, 0.4) is 0 Å². The van der Waals surface area contributed by atoms with Gasteiger partial charge in [-0.15, -0.1) is 0 Å². The van der Waals surface area contributed by atoms with Gasteiger partial charge in [-0.25, -0.2) is 0 Å². The van der Waals surface area contributed by atoms with Crippen molar-refractivity contribution in [3.05, 3.63) is 0 Å². The van der Waals surface area contributed by atoms with Gasteiger partial charge < -0.3 is 33.8 Å².